The van der Waals surface area contributed by atoms with Gasteiger partial charge >= 0.3 is 0 Å². The van der Waals surface area contributed by atoms with Crippen molar-refractivity contribution < 1.29 is 21.6 Å². The van der Waals surface area contributed by atoms with E-state index < -0.39 is 26.6 Å². The summed E-state index contributed by atoms with van der Waals surface area (Å²) in [5, 5.41) is 3.95. The number of aromatic nitrogens is 2. The van der Waals surface area contributed by atoms with Crippen LogP contribution in [0.1, 0.15) is 10.4 Å². The number of halogens is 4. The average Bonchev–Trinajstić information content (AvgIpc) is 3.14. The van der Waals surface area contributed by atoms with Crippen LogP contribution in [0, 0.1) is 17.5 Å². The van der Waals surface area contributed by atoms with Crippen molar-refractivity contribution in [3.63, 3.8) is 0 Å². The van der Waals surface area contributed by atoms with Gasteiger partial charge in [-0.15, -0.1) is 11.3 Å². The van der Waals surface area contributed by atoms with Crippen molar-refractivity contribution in [2.75, 3.05) is 11.9 Å². The second-order valence-electron chi connectivity index (χ2n) is 7.32. The third-order valence-electron chi connectivity index (χ3n) is 5.30. The Bertz CT molecular complexity index is 1510. The molecule has 0 saturated heterocycles. The van der Waals surface area contributed by atoms with Crippen LogP contribution in [0.3, 0.4) is 0 Å². The fourth-order valence-electron chi connectivity index (χ4n) is 3.75. The van der Waals surface area contributed by atoms with E-state index >= 15 is 0 Å². The third-order valence-corrected chi connectivity index (χ3v) is 8.96. The van der Waals surface area contributed by atoms with E-state index in [-0.39, 0.29) is 18.9 Å². The number of sulfonamides is 1. The van der Waals surface area contributed by atoms with Crippen molar-refractivity contribution in [1.29, 1.82) is 0 Å². The number of thiophene rings is 1. The molecule has 5 rings (SSSR count). The number of rotatable bonds is 4. The molecule has 1 aliphatic heterocycles. The van der Waals surface area contributed by atoms with Crippen LogP contribution in [0.4, 0.5) is 24.7 Å². The Hall–Kier alpha value is -2.54. The van der Waals surface area contributed by atoms with Crippen LogP contribution in [-0.4, -0.2) is 29.2 Å². The normalized spacial score (nSPS) is 14.4. The minimum Gasteiger partial charge on any atom is -0.339 e. The molecule has 6 nitrogen and oxygen atoms in total. The molecular weight excluding hydrogens is 541 g/mol. The number of benzene rings is 2. The van der Waals surface area contributed by atoms with Gasteiger partial charge < -0.3 is 5.32 Å². The highest BCUT2D eigenvalue weighted by atomic mass is 79.9. The van der Waals surface area contributed by atoms with Crippen molar-refractivity contribution in [3.8, 4) is 0 Å². The van der Waals surface area contributed by atoms with E-state index in [1.54, 1.807) is 6.07 Å². The Morgan fingerprint density at radius 3 is 2.58 bits per heavy atom. The third kappa shape index (κ3) is 4.01. The maximum Gasteiger partial charge on any atom is 0.246 e. The Morgan fingerprint density at radius 1 is 1.06 bits per heavy atom. The van der Waals surface area contributed by atoms with E-state index in [0.717, 1.165) is 28.0 Å². The predicted octanol–water partition coefficient (Wildman–Crippen LogP) is 5.36. The summed E-state index contributed by atoms with van der Waals surface area (Å²) in [7, 11) is -4.15. The quantitative estimate of drug-likeness (QED) is 0.367. The molecule has 0 saturated carbocycles. The number of nitrogens with zero attached hydrogens (tertiary/aromatic N) is 3. The lowest BCUT2D eigenvalue weighted by atomic mass is 10.1. The summed E-state index contributed by atoms with van der Waals surface area (Å²) in [5.41, 5.74) is 1.52. The summed E-state index contributed by atoms with van der Waals surface area (Å²) < 4.78 is 68.6. The van der Waals surface area contributed by atoms with Crippen LogP contribution in [0.2, 0.25) is 0 Å². The van der Waals surface area contributed by atoms with Gasteiger partial charge in [-0.1, -0.05) is 0 Å². The molecule has 3 heterocycles. The lowest BCUT2D eigenvalue weighted by Crippen LogP contribution is -2.35. The number of hydrogen-bond acceptors (Lipinski definition) is 6. The Morgan fingerprint density at radius 2 is 1.82 bits per heavy atom. The first-order chi connectivity index (χ1) is 15.7. The first-order valence-corrected chi connectivity index (χ1v) is 12.7. The second-order valence-corrected chi connectivity index (χ2v) is 11.2. The minimum atomic E-state index is -4.15. The lowest BCUT2D eigenvalue weighted by molar-refractivity contribution is 0.393. The fourth-order valence-corrected chi connectivity index (χ4v) is 6.94. The molecule has 12 heteroatoms. The fraction of sp³-hybridized carbons (Fsp3) is 0.143. The van der Waals surface area contributed by atoms with Crippen LogP contribution in [0.15, 0.2) is 52.1 Å². The molecule has 0 radical (unpaired) electrons. The van der Waals surface area contributed by atoms with Crippen molar-refractivity contribution in [1.82, 2.24) is 14.3 Å². The van der Waals surface area contributed by atoms with Crippen molar-refractivity contribution in [2.24, 2.45) is 0 Å². The molecular formula is C21H14BrF3N4O2S2. The van der Waals surface area contributed by atoms with Crippen LogP contribution in [-0.2, 0) is 23.0 Å². The molecule has 0 fully saturated rings. The second kappa shape index (κ2) is 8.35. The van der Waals surface area contributed by atoms with E-state index in [1.165, 1.54) is 34.1 Å². The van der Waals surface area contributed by atoms with E-state index in [9.17, 15) is 21.6 Å². The van der Waals surface area contributed by atoms with Gasteiger partial charge in [-0.2, -0.15) is 4.31 Å². The van der Waals surface area contributed by atoms with E-state index in [0.29, 0.717) is 33.3 Å². The van der Waals surface area contributed by atoms with Gasteiger partial charge in [0.1, 0.15) is 39.3 Å². The number of nitrogens with one attached hydrogen (secondary N) is 1. The smallest absolute Gasteiger partial charge is 0.246 e. The largest absolute Gasteiger partial charge is 0.339 e. The zero-order valence-electron chi connectivity index (χ0n) is 16.6. The van der Waals surface area contributed by atoms with Gasteiger partial charge in [0.05, 0.1) is 11.1 Å². The zero-order chi connectivity index (χ0) is 23.3. The maximum absolute atomic E-state index is 14.2. The molecule has 170 valence electrons. The van der Waals surface area contributed by atoms with Crippen LogP contribution >= 0.6 is 27.3 Å². The van der Waals surface area contributed by atoms with Crippen molar-refractivity contribution in [2.45, 2.75) is 17.9 Å². The zero-order valence-corrected chi connectivity index (χ0v) is 19.9. The highest BCUT2D eigenvalue weighted by Gasteiger charge is 2.33. The predicted molar refractivity (Wildman–Crippen MR) is 122 cm³/mol. The Kier molecular flexibility index (Phi) is 5.63. The Balaban J connectivity index is 1.51. The van der Waals surface area contributed by atoms with Gasteiger partial charge in [-0.25, -0.2) is 31.6 Å². The Labute approximate surface area is 199 Å². The van der Waals surface area contributed by atoms with E-state index in [1.807, 2.05) is 0 Å². The van der Waals surface area contributed by atoms with Gasteiger partial charge in [0.15, 0.2) is 0 Å². The van der Waals surface area contributed by atoms with Gasteiger partial charge in [-0.05, 0) is 58.2 Å². The number of fused-ring (bicyclic) bond motifs is 3. The first-order valence-electron chi connectivity index (χ1n) is 9.66. The molecule has 0 atom stereocenters. The monoisotopic (exact) mass is 554 g/mol. The van der Waals surface area contributed by atoms with Gasteiger partial charge in [-0.3, -0.25) is 0 Å². The summed E-state index contributed by atoms with van der Waals surface area (Å²) >= 11 is 4.66. The summed E-state index contributed by atoms with van der Waals surface area (Å²) in [6.07, 6.45) is 1.76. The lowest BCUT2D eigenvalue weighted by Gasteiger charge is -2.26. The van der Waals surface area contributed by atoms with Gasteiger partial charge in [0.25, 0.3) is 0 Å². The van der Waals surface area contributed by atoms with E-state index in [2.05, 4.69) is 31.2 Å². The van der Waals surface area contributed by atoms with Gasteiger partial charge in [0.2, 0.25) is 10.0 Å². The van der Waals surface area contributed by atoms with Crippen molar-refractivity contribution >= 4 is 59.0 Å². The van der Waals surface area contributed by atoms with Gasteiger partial charge in [0, 0.05) is 28.5 Å². The molecule has 0 spiro atoms. The maximum atomic E-state index is 14.2. The first kappa shape index (κ1) is 22.3. The molecule has 1 N–H and O–H groups in total. The molecule has 2 aromatic heterocycles. The summed E-state index contributed by atoms with van der Waals surface area (Å²) in [5.74, 6) is -1.83. The summed E-state index contributed by atoms with van der Waals surface area (Å²) in [6, 6.07) is 6.66. The molecule has 0 unspecified atom stereocenters. The van der Waals surface area contributed by atoms with E-state index in [4.69, 9.17) is 0 Å². The molecule has 33 heavy (non-hydrogen) atoms. The minimum absolute atomic E-state index is 0.0369. The molecule has 0 aliphatic carbocycles. The highest BCUT2D eigenvalue weighted by molar-refractivity contribution is 9.10. The highest BCUT2D eigenvalue weighted by Crippen LogP contribution is 2.40. The molecule has 4 aromatic rings. The topological polar surface area (TPSA) is 75.2 Å². The molecule has 0 amide bonds. The SMILES string of the molecule is O=S(=O)(c1ccc(F)cc1F)N1CCc2c(sc3ncnc(Nc4ccc(F)cc4Br)c23)C1. The molecule has 0 bridgehead atoms. The molecule has 2 aromatic carbocycles. The number of anilines is 2. The van der Waals surface area contributed by atoms with Crippen LogP contribution in [0.25, 0.3) is 10.2 Å². The average molecular weight is 555 g/mol. The summed E-state index contributed by atoms with van der Waals surface area (Å²) in [4.78, 5) is 9.53. The number of hydrogen-bond donors (Lipinski definition) is 1. The van der Waals surface area contributed by atoms with Crippen molar-refractivity contribution in [3.05, 3.63) is 75.1 Å². The molecule has 1 aliphatic rings. The van der Waals surface area contributed by atoms with Crippen LogP contribution < -0.4 is 5.32 Å². The standard InChI is InChI=1S/C21H14BrF3N4O2S2/c22-14-7-11(23)1-3-16(14)28-20-19-13-5-6-29(9-17(13)32-21(19)27-10-26-20)33(30,31)18-4-2-12(24)8-15(18)25/h1-4,7-8,10H,5-6,9H2,(H,26,27,28). The summed E-state index contributed by atoms with van der Waals surface area (Å²) in [6.45, 7) is 0.155. The van der Waals surface area contributed by atoms with Crippen LogP contribution in [0.5, 0.6) is 0 Å².